The largest absolute Gasteiger partial charge is 0.433 e. The fourth-order valence-corrected chi connectivity index (χ4v) is 18.3. The van der Waals surface area contributed by atoms with Crippen LogP contribution < -0.4 is 10.6 Å². The molecule has 0 spiro atoms. The Hall–Kier alpha value is -10.9. The summed E-state index contributed by atoms with van der Waals surface area (Å²) in [6.45, 7) is 9.34. The van der Waals surface area contributed by atoms with E-state index in [1.807, 2.05) is 36.6 Å². The molecule has 5 amide bonds. The SMILES string of the molecule is CCCN(CC1CC1)C(=O)c1ccc(-c2cc(C(F)(F)F)n(C)n2)s1.CCN(C(=O)c1ccc(-c2cc(C(F)(F)F)n(C)n2)s1)C1CCCCC1.Cc1ccc(F)cc1CNC(=O)c1ccc(-c2cc(C(F)(F)F)n(C)n2)s1.Cn1nc(-c2ccc(C(=O)N3CCC(O)CC3)s2)cc1C(F)(F)F.Cn1nc(-c2ccc(C(=O)NCc3cccnc3)s2)cc1C(F)(F)F. The predicted molar refractivity (Wildman–Crippen MR) is 449 cm³/mol. The van der Waals surface area contributed by atoms with Gasteiger partial charge < -0.3 is 30.4 Å². The minimum absolute atomic E-state index is 0.0392. The molecule has 15 rings (SSSR count). The van der Waals surface area contributed by atoms with E-state index in [0.717, 1.165) is 150 Å². The predicted octanol–water partition coefficient (Wildman–Crippen LogP) is 20.2. The summed E-state index contributed by atoms with van der Waals surface area (Å²) < 4.78 is 211. The molecule has 2 saturated carbocycles. The Morgan fingerprint density at radius 3 is 1.21 bits per heavy atom. The van der Waals surface area contributed by atoms with Crippen molar-refractivity contribution < 1.29 is 99.3 Å². The first kappa shape index (κ1) is 96.7. The quantitative estimate of drug-likeness (QED) is 0.0604. The highest BCUT2D eigenvalue weighted by Crippen LogP contribution is 2.42. The molecule has 43 heteroatoms. The number of aliphatic hydroxyl groups is 1. The molecule has 2 aliphatic carbocycles. The second-order valence-corrected chi connectivity index (χ2v) is 35.3. The second-order valence-electron chi connectivity index (χ2n) is 29.9. The number of likely N-dealkylation sites (tertiary alicyclic amines) is 1. The Morgan fingerprint density at radius 2 is 0.843 bits per heavy atom. The molecule has 1 aliphatic heterocycles. The highest BCUT2D eigenvalue weighted by Gasteiger charge is 2.41. The van der Waals surface area contributed by atoms with E-state index in [-0.39, 0.29) is 82.5 Å². The van der Waals surface area contributed by atoms with Gasteiger partial charge in [-0.25, -0.2) is 4.39 Å². The van der Waals surface area contributed by atoms with E-state index in [0.29, 0.717) is 106 Å². The van der Waals surface area contributed by atoms with Crippen LogP contribution >= 0.6 is 56.7 Å². The molecular weight excluding hydrogens is 1790 g/mol. The molecule has 0 atom stereocenters. The Bertz CT molecular complexity index is 5770. The summed E-state index contributed by atoms with van der Waals surface area (Å²) in [6, 6.07) is 29.3. The molecular formula is C84H86F16N16O6S5. The molecule has 3 fully saturated rings. The fourth-order valence-electron chi connectivity index (χ4n) is 13.7. The summed E-state index contributed by atoms with van der Waals surface area (Å²) in [7, 11) is 6.24. The topological polar surface area (TPSA) is 241 Å². The van der Waals surface area contributed by atoms with Crippen molar-refractivity contribution in [2.45, 2.75) is 141 Å². The molecule has 3 N–H and O–H groups in total. The molecule has 0 unspecified atom stereocenters. The highest BCUT2D eigenvalue weighted by atomic mass is 32.1. The highest BCUT2D eigenvalue weighted by molar-refractivity contribution is 7.18. The number of thiophene rings is 5. The van der Waals surface area contributed by atoms with Gasteiger partial charge in [0.25, 0.3) is 29.5 Å². The van der Waals surface area contributed by atoms with Gasteiger partial charge in [-0.2, -0.15) is 91.3 Å². The lowest BCUT2D eigenvalue weighted by Crippen LogP contribution is -2.40. The number of aliphatic hydroxyl groups excluding tert-OH is 1. The molecule has 11 aromatic heterocycles. The van der Waals surface area contributed by atoms with Crippen LogP contribution in [0.5, 0.6) is 0 Å². The number of rotatable bonds is 20. The summed E-state index contributed by atoms with van der Waals surface area (Å²) in [5.74, 6) is -0.724. The average molecular weight is 1880 g/mol. The minimum atomic E-state index is -4.50. The Balaban J connectivity index is 0.000000154. The summed E-state index contributed by atoms with van der Waals surface area (Å²) in [6.07, 6.45) is -9.60. The van der Waals surface area contributed by atoms with E-state index < -0.39 is 59.4 Å². The lowest BCUT2D eigenvalue weighted by atomic mass is 9.94. The van der Waals surface area contributed by atoms with Crippen LogP contribution in [0.15, 0.2) is 134 Å². The first-order chi connectivity index (χ1) is 59.8. The summed E-state index contributed by atoms with van der Waals surface area (Å²) in [4.78, 5) is 76.7. The number of nitrogens with one attached hydrogen (secondary N) is 2. The Kier molecular flexibility index (Phi) is 31.3. The normalized spacial score (nSPS) is 14.1. The number of aromatic nitrogens is 11. The summed E-state index contributed by atoms with van der Waals surface area (Å²) in [5.41, 5.74) is -0.766. The van der Waals surface area contributed by atoms with Crippen LogP contribution in [0.25, 0.3) is 52.9 Å². The number of nitrogens with zero attached hydrogens (tertiary/aromatic N) is 14. The van der Waals surface area contributed by atoms with Crippen molar-refractivity contribution in [1.82, 2.24) is 79.2 Å². The number of alkyl halides is 15. The number of aryl methyl sites for hydroxylation is 6. The van der Waals surface area contributed by atoms with Gasteiger partial charge in [0.1, 0.15) is 62.8 Å². The molecule has 1 saturated heterocycles. The van der Waals surface area contributed by atoms with Crippen molar-refractivity contribution in [3.8, 4) is 52.9 Å². The van der Waals surface area contributed by atoms with Gasteiger partial charge in [0.2, 0.25) is 0 Å². The van der Waals surface area contributed by atoms with Crippen molar-refractivity contribution in [1.29, 1.82) is 0 Å². The number of benzene rings is 1. The number of amides is 5. The van der Waals surface area contributed by atoms with Crippen LogP contribution in [0, 0.1) is 18.7 Å². The third kappa shape index (κ3) is 25.3. The molecule has 127 heavy (non-hydrogen) atoms. The molecule has 0 radical (unpaired) electrons. The van der Waals surface area contributed by atoms with Gasteiger partial charge in [0.05, 0.1) is 54.9 Å². The lowest BCUT2D eigenvalue weighted by molar-refractivity contribution is -0.144. The molecule has 1 aromatic carbocycles. The first-order valence-electron chi connectivity index (χ1n) is 39.7. The number of carbonyl (C=O) groups is 5. The van der Waals surface area contributed by atoms with Crippen LogP contribution in [0.3, 0.4) is 0 Å². The van der Waals surface area contributed by atoms with Gasteiger partial charge in [0, 0.05) is 99.5 Å². The Morgan fingerprint density at radius 1 is 0.465 bits per heavy atom. The van der Waals surface area contributed by atoms with Crippen molar-refractivity contribution in [2.24, 2.45) is 41.2 Å². The average Bonchev–Trinajstić information content (AvgIpc) is 1.67. The third-order valence-electron chi connectivity index (χ3n) is 20.5. The van der Waals surface area contributed by atoms with Crippen LogP contribution in [0.2, 0.25) is 0 Å². The van der Waals surface area contributed by atoms with Gasteiger partial charge in [-0.05, 0) is 191 Å². The standard InChI is InChI=1S/C18H15F4N3OS.C18H22F3N3OS.C17H20F3N3OS.C16H13F3N4OS.C15H16F3N3O2S/c1-10-3-4-12(19)7-11(10)9-23-17(26)15-6-5-14(27-15)13-8-16(18(20,21)22)25(2)24-13;1-3-24(12-7-5-4-6-8-12)17(25)15-10-9-14(26-15)13-11-16(18(19,20)21)23(2)22-13;1-3-8-23(10-11-4-5-11)16(24)14-7-6-13(25-14)12-9-15(17(18,19)20)22(2)21-12;1-23-14(16(17,18)19)7-11(22-23)12-4-5-13(25-12)15(24)21-9-10-3-2-6-20-8-10;1-20-13(15(16,17)18)8-10(19-20)11-2-3-12(24-11)14(23)21-6-4-9(22)5-7-21/h3-8H,9H2,1-2H3,(H,23,26);9-12H,3-8H2,1-2H3;6-7,9,11H,3-5,8,10H2,1-2H3;2-8H,9H2,1H3,(H,21,24);2-3,8-9,22H,4-7H2,1H3. The van der Waals surface area contributed by atoms with E-state index in [1.54, 1.807) is 84.0 Å². The monoisotopic (exact) mass is 1880 g/mol. The van der Waals surface area contributed by atoms with Gasteiger partial charge in [-0.15, -0.1) is 56.7 Å². The second kappa shape index (κ2) is 41.0. The van der Waals surface area contributed by atoms with Gasteiger partial charge in [0.15, 0.2) is 0 Å². The van der Waals surface area contributed by atoms with E-state index in [9.17, 15) is 99.3 Å². The first-order valence-corrected chi connectivity index (χ1v) is 43.8. The zero-order chi connectivity index (χ0) is 92.4. The summed E-state index contributed by atoms with van der Waals surface area (Å²) >= 11 is 5.65. The van der Waals surface area contributed by atoms with Crippen molar-refractivity contribution in [2.75, 3.05) is 32.7 Å². The molecule has 3 aliphatic rings. The zero-order valence-corrected chi connectivity index (χ0v) is 73.4. The van der Waals surface area contributed by atoms with E-state index >= 15 is 0 Å². The number of piperidine rings is 1. The van der Waals surface area contributed by atoms with Crippen molar-refractivity contribution in [3.05, 3.63) is 209 Å². The number of pyridine rings is 1. The van der Waals surface area contributed by atoms with Gasteiger partial charge >= 0.3 is 30.9 Å². The van der Waals surface area contributed by atoms with E-state index in [4.69, 9.17) is 0 Å². The lowest BCUT2D eigenvalue weighted by Gasteiger charge is -2.33. The summed E-state index contributed by atoms with van der Waals surface area (Å²) in [5, 5.41) is 34.5. The van der Waals surface area contributed by atoms with E-state index in [2.05, 4.69) is 41.1 Å². The number of carbonyl (C=O) groups excluding carboxylic acids is 5. The number of hydrogen-bond acceptors (Lipinski definition) is 17. The molecule has 12 aromatic rings. The zero-order valence-electron chi connectivity index (χ0n) is 69.3. The maximum absolute atomic E-state index is 13.3. The smallest absolute Gasteiger partial charge is 0.393 e. The molecule has 22 nitrogen and oxygen atoms in total. The van der Waals surface area contributed by atoms with Crippen LogP contribution in [-0.2, 0) is 79.2 Å². The van der Waals surface area contributed by atoms with Crippen LogP contribution in [0.1, 0.15) is 172 Å². The van der Waals surface area contributed by atoms with Crippen molar-refractivity contribution in [3.63, 3.8) is 0 Å². The minimum Gasteiger partial charge on any atom is -0.393 e. The third-order valence-corrected chi connectivity index (χ3v) is 26.0. The van der Waals surface area contributed by atoms with E-state index in [1.165, 1.54) is 82.5 Å². The van der Waals surface area contributed by atoms with Crippen molar-refractivity contribution >= 4 is 86.2 Å². The molecule has 0 bridgehead atoms. The van der Waals surface area contributed by atoms with Crippen LogP contribution in [0.4, 0.5) is 70.2 Å². The Labute approximate surface area is 737 Å². The molecule has 680 valence electrons. The molecule has 12 heterocycles. The van der Waals surface area contributed by atoms with Crippen LogP contribution in [-0.4, -0.2) is 148 Å². The fraction of sp³-hybridized carbons (Fsp3) is 0.393. The van der Waals surface area contributed by atoms with Gasteiger partial charge in [-0.3, -0.25) is 52.4 Å². The number of hydrogen-bond donors (Lipinski definition) is 3. The maximum atomic E-state index is 13.3. The maximum Gasteiger partial charge on any atom is 0.433 e. The number of halogens is 16. The van der Waals surface area contributed by atoms with Gasteiger partial charge in [-0.1, -0.05) is 38.3 Å².